The SMILES string of the molecule is CCOC(=O)c1cnc(C(F)F)c(I)c1CN. The fourth-order valence-electron chi connectivity index (χ4n) is 1.28. The van der Waals surface area contributed by atoms with Gasteiger partial charge in [-0.3, -0.25) is 4.98 Å². The Bertz CT molecular complexity index is 427. The number of halogens is 3. The molecule has 0 bridgehead atoms. The molecular weight excluding hydrogens is 345 g/mol. The first-order valence-corrected chi connectivity index (χ1v) is 5.93. The minimum atomic E-state index is -2.69. The summed E-state index contributed by atoms with van der Waals surface area (Å²) < 4.78 is 30.2. The maximum atomic E-state index is 12.6. The van der Waals surface area contributed by atoms with Crippen molar-refractivity contribution in [2.45, 2.75) is 19.9 Å². The Hall–Kier alpha value is -0.830. The summed E-state index contributed by atoms with van der Waals surface area (Å²) in [5.74, 6) is -0.598. The van der Waals surface area contributed by atoms with Crippen LogP contribution in [0.3, 0.4) is 0 Å². The van der Waals surface area contributed by atoms with Gasteiger partial charge < -0.3 is 10.5 Å². The summed E-state index contributed by atoms with van der Waals surface area (Å²) in [6.07, 6.45) is -1.60. The van der Waals surface area contributed by atoms with Crippen LogP contribution in [0.4, 0.5) is 8.78 Å². The number of hydrogen-bond donors (Lipinski definition) is 1. The van der Waals surface area contributed by atoms with E-state index in [9.17, 15) is 13.6 Å². The third-order valence-corrected chi connectivity index (χ3v) is 3.26. The Morgan fingerprint density at radius 1 is 1.65 bits per heavy atom. The number of hydrogen-bond acceptors (Lipinski definition) is 4. The molecule has 0 atom stereocenters. The molecule has 94 valence electrons. The van der Waals surface area contributed by atoms with Gasteiger partial charge in [0.25, 0.3) is 6.43 Å². The molecule has 1 rings (SSSR count). The van der Waals surface area contributed by atoms with Gasteiger partial charge in [0.15, 0.2) is 0 Å². The van der Waals surface area contributed by atoms with Gasteiger partial charge in [0.1, 0.15) is 5.69 Å². The Kier molecular flexibility index (Phi) is 5.19. The maximum Gasteiger partial charge on any atom is 0.340 e. The van der Waals surface area contributed by atoms with Crippen molar-refractivity contribution in [2.24, 2.45) is 5.73 Å². The van der Waals surface area contributed by atoms with Crippen LogP contribution < -0.4 is 5.73 Å². The van der Waals surface area contributed by atoms with E-state index in [-0.39, 0.29) is 28.0 Å². The molecule has 0 fully saturated rings. The maximum absolute atomic E-state index is 12.6. The lowest BCUT2D eigenvalue weighted by atomic mass is 10.1. The fourth-order valence-corrected chi connectivity index (χ4v) is 2.16. The van der Waals surface area contributed by atoms with Crippen LogP contribution in [-0.2, 0) is 11.3 Å². The Morgan fingerprint density at radius 2 is 2.29 bits per heavy atom. The molecule has 7 heteroatoms. The molecule has 0 aromatic carbocycles. The van der Waals surface area contributed by atoms with Crippen LogP contribution in [0.15, 0.2) is 6.20 Å². The normalized spacial score (nSPS) is 10.7. The highest BCUT2D eigenvalue weighted by Gasteiger charge is 2.21. The van der Waals surface area contributed by atoms with Gasteiger partial charge in [-0.15, -0.1) is 0 Å². The highest BCUT2D eigenvalue weighted by Crippen LogP contribution is 2.27. The summed E-state index contributed by atoms with van der Waals surface area (Å²) in [5, 5.41) is 0. The second kappa shape index (κ2) is 6.20. The average Bonchev–Trinajstić information content (AvgIpc) is 2.28. The summed E-state index contributed by atoms with van der Waals surface area (Å²) in [6.45, 7) is 1.84. The molecule has 0 aliphatic rings. The summed E-state index contributed by atoms with van der Waals surface area (Å²) in [4.78, 5) is 15.1. The van der Waals surface area contributed by atoms with Crippen molar-refractivity contribution < 1.29 is 18.3 Å². The second-order valence-corrected chi connectivity index (χ2v) is 4.15. The molecule has 0 spiro atoms. The van der Waals surface area contributed by atoms with Gasteiger partial charge in [-0.1, -0.05) is 0 Å². The number of rotatable bonds is 4. The van der Waals surface area contributed by atoms with Crippen LogP contribution >= 0.6 is 22.6 Å². The third-order valence-electron chi connectivity index (χ3n) is 2.05. The highest BCUT2D eigenvalue weighted by atomic mass is 127. The second-order valence-electron chi connectivity index (χ2n) is 3.07. The number of nitrogens with zero attached hydrogens (tertiary/aromatic N) is 1. The van der Waals surface area contributed by atoms with E-state index < -0.39 is 12.4 Å². The van der Waals surface area contributed by atoms with Gasteiger partial charge in [0.05, 0.1) is 12.2 Å². The first-order valence-electron chi connectivity index (χ1n) is 4.85. The summed E-state index contributed by atoms with van der Waals surface area (Å²) in [5.41, 5.74) is 5.59. The topological polar surface area (TPSA) is 65.2 Å². The predicted molar refractivity (Wildman–Crippen MR) is 65.8 cm³/mol. The van der Waals surface area contributed by atoms with E-state index in [1.54, 1.807) is 29.5 Å². The molecule has 0 aliphatic carbocycles. The zero-order valence-electron chi connectivity index (χ0n) is 9.04. The van der Waals surface area contributed by atoms with Crippen LogP contribution in [-0.4, -0.2) is 17.6 Å². The summed E-state index contributed by atoms with van der Waals surface area (Å²) in [7, 11) is 0. The van der Waals surface area contributed by atoms with Crippen molar-refractivity contribution in [3.63, 3.8) is 0 Å². The zero-order chi connectivity index (χ0) is 13.0. The molecule has 1 heterocycles. The van der Waals surface area contributed by atoms with E-state index in [1.807, 2.05) is 0 Å². The molecule has 1 aromatic rings. The number of nitrogens with two attached hydrogens (primary N) is 1. The van der Waals surface area contributed by atoms with Crippen LogP contribution in [0.1, 0.15) is 35.0 Å². The highest BCUT2D eigenvalue weighted by molar-refractivity contribution is 14.1. The third kappa shape index (κ3) is 3.09. The van der Waals surface area contributed by atoms with E-state index in [0.29, 0.717) is 5.56 Å². The molecule has 0 amide bonds. The van der Waals surface area contributed by atoms with E-state index in [0.717, 1.165) is 6.20 Å². The Labute approximate surface area is 111 Å². The van der Waals surface area contributed by atoms with E-state index in [2.05, 4.69) is 4.98 Å². The van der Waals surface area contributed by atoms with Gasteiger partial charge in [-0.2, -0.15) is 0 Å². The Morgan fingerprint density at radius 3 is 2.76 bits per heavy atom. The molecule has 2 N–H and O–H groups in total. The predicted octanol–water partition coefficient (Wildman–Crippen LogP) is 2.26. The first-order chi connectivity index (χ1) is 8.02. The molecule has 0 saturated carbocycles. The van der Waals surface area contributed by atoms with Crippen molar-refractivity contribution in [3.05, 3.63) is 26.6 Å². The van der Waals surface area contributed by atoms with Crippen LogP contribution in [0, 0.1) is 3.57 Å². The number of carbonyl (C=O) groups is 1. The number of ether oxygens (including phenoxy) is 1. The number of carbonyl (C=O) groups excluding carboxylic acids is 1. The summed E-state index contributed by atoms with van der Waals surface area (Å²) >= 11 is 1.71. The lowest BCUT2D eigenvalue weighted by molar-refractivity contribution is 0.0523. The molecule has 0 saturated heterocycles. The molecular formula is C10H11F2IN2O2. The standard InChI is InChI=1S/C10H11F2IN2O2/c1-2-17-10(16)6-4-15-8(9(11)12)7(13)5(6)3-14/h4,9H,2-3,14H2,1H3. The molecule has 0 unspecified atom stereocenters. The van der Waals surface area contributed by atoms with E-state index in [4.69, 9.17) is 10.5 Å². The minimum absolute atomic E-state index is 0.0192. The van der Waals surface area contributed by atoms with E-state index >= 15 is 0 Å². The average molecular weight is 356 g/mol. The van der Waals surface area contributed by atoms with Crippen molar-refractivity contribution in [3.8, 4) is 0 Å². The Balaban J connectivity index is 3.25. The molecule has 1 aromatic heterocycles. The number of alkyl halides is 2. The van der Waals surface area contributed by atoms with E-state index in [1.165, 1.54) is 0 Å². The largest absolute Gasteiger partial charge is 0.462 e. The van der Waals surface area contributed by atoms with Crippen LogP contribution in [0.5, 0.6) is 0 Å². The number of esters is 1. The summed E-state index contributed by atoms with van der Waals surface area (Å²) in [6, 6.07) is 0. The lowest BCUT2D eigenvalue weighted by Gasteiger charge is -2.11. The van der Waals surface area contributed by atoms with Gasteiger partial charge in [-0.25, -0.2) is 13.6 Å². The molecule has 17 heavy (non-hydrogen) atoms. The van der Waals surface area contributed by atoms with Crippen molar-refractivity contribution in [2.75, 3.05) is 6.61 Å². The van der Waals surface area contributed by atoms with Gasteiger partial charge in [0.2, 0.25) is 0 Å². The minimum Gasteiger partial charge on any atom is -0.462 e. The van der Waals surface area contributed by atoms with Crippen molar-refractivity contribution in [1.82, 2.24) is 4.98 Å². The molecule has 4 nitrogen and oxygen atoms in total. The van der Waals surface area contributed by atoms with Crippen molar-refractivity contribution in [1.29, 1.82) is 0 Å². The smallest absolute Gasteiger partial charge is 0.340 e. The number of pyridine rings is 1. The fraction of sp³-hybridized carbons (Fsp3) is 0.400. The van der Waals surface area contributed by atoms with Gasteiger partial charge in [0, 0.05) is 16.3 Å². The monoisotopic (exact) mass is 356 g/mol. The lowest BCUT2D eigenvalue weighted by Crippen LogP contribution is -2.15. The molecule has 0 aliphatic heterocycles. The van der Waals surface area contributed by atoms with Crippen LogP contribution in [0.25, 0.3) is 0 Å². The van der Waals surface area contributed by atoms with Gasteiger partial charge in [-0.05, 0) is 35.1 Å². The van der Waals surface area contributed by atoms with Gasteiger partial charge >= 0.3 is 5.97 Å². The number of aromatic nitrogens is 1. The zero-order valence-corrected chi connectivity index (χ0v) is 11.2. The molecule has 0 radical (unpaired) electrons. The first kappa shape index (κ1) is 14.2. The van der Waals surface area contributed by atoms with Crippen molar-refractivity contribution >= 4 is 28.6 Å². The quantitative estimate of drug-likeness (QED) is 0.664. The van der Waals surface area contributed by atoms with Crippen LogP contribution in [0.2, 0.25) is 0 Å².